The van der Waals surface area contributed by atoms with Crippen LogP contribution >= 0.6 is 0 Å². The third-order valence-electron chi connectivity index (χ3n) is 7.09. The first-order valence-corrected chi connectivity index (χ1v) is 11.8. The SMILES string of the molecule is COc1ccccc1C1CCN(Cc2ccc(C=O)c(N3CCc4ccc(N)cc43)c2)CC1. The van der Waals surface area contributed by atoms with Crippen molar-refractivity contribution in [1.82, 2.24) is 4.90 Å². The number of ether oxygens (including phenoxy) is 1. The van der Waals surface area contributed by atoms with Gasteiger partial charge in [-0.1, -0.05) is 30.3 Å². The number of carbonyl (C=O) groups excluding carboxylic acids is 1. The van der Waals surface area contributed by atoms with Crippen molar-refractivity contribution in [3.63, 3.8) is 0 Å². The molecule has 0 spiro atoms. The van der Waals surface area contributed by atoms with Crippen molar-refractivity contribution in [2.45, 2.75) is 31.7 Å². The van der Waals surface area contributed by atoms with Gasteiger partial charge in [0.1, 0.15) is 5.75 Å². The van der Waals surface area contributed by atoms with E-state index in [0.717, 1.165) is 80.1 Å². The number of methoxy groups -OCH3 is 1. The molecule has 1 fully saturated rings. The molecule has 33 heavy (non-hydrogen) atoms. The summed E-state index contributed by atoms with van der Waals surface area (Å²) in [5.41, 5.74) is 13.5. The molecule has 3 aromatic carbocycles. The van der Waals surface area contributed by atoms with Crippen LogP contribution in [0.15, 0.2) is 60.7 Å². The van der Waals surface area contributed by atoms with Crippen LogP contribution in [0.1, 0.15) is 45.8 Å². The van der Waals surface area contributed by atoms with Crippen LogP contribution < -0.4 is 15.4 Å². The molecule has 1 saturated heterocycles. The van der Waals surface area contributed by atoms with Crippen molar-refractivity contribution in [3.05, 3.63) is 82.9 Å². The van der Waals surface area contributed by atoms with Crippen molar-refractivity contribution >= 4 is 23.3 Å². The molecule has 5 rings (SSSR count). The van der Waals surface area contributed by atoms with Crippen LogP contribution in [0.2, 0.25) is 0 Å². The maximum absolute atomic E-state index is 11.8. The summed E-state index contributed by atoms with van der Waals surface area (Å²) in [6.07, 6.45) is 4.17. The first-order chi connectivity index (χ1) is 16.2. The van der Waals surface area contributed by atoms with Crippen LogP contribution in [-0.4, -0.2) is 37.9 Å². The molecule has 0 bridgehead atoms. The predicted molar refractivity (Wildman–Crippen MR) is 134 cm³/mol. The lowest BCUT2D eigenvalue weighted by atomic mass is 9.88. The van der Waals surface area contributed by atoms with Gasteiger partial charge in [-0.2, -0.15) is 0 Å². The number of carbonyl (C=O) groups is 1. The number of piperidine rings is 1. The van der Waals surface area contributed by atoms with Crippen molar-refractivity contribution in [2.24, 2.45) is 0 Å². The number of anilines is 3. The van der Waals surface area contributed by atoms with E-state index >= 15 is 0 Å². The van der Waals surface area contributed by atoms with Gasteiger partial charge in [0.2, 0.25) is 0 Å². The fourth-order valence-electron chi connectivity index (χ4n) is 5.33. The van der Waals surface area contributed by atoms with Gasteiger partial charge in [-0.15, -0.1) is 0 Å². The summed E-state index contributed by atoms with van der Waals surface area (Å²) in [6, 6.07) is 20.7. The molecule has 2 heterocycles. The minimum atomic E-state index is 0.539. The number of aldehydes is 1. The van der Waals surface area contributed by atoms with Gasteiger partial charge in [-0.25, -0.2) is 0 Å². The molecule has 0 atom stereocenters. The normalized spacial score (nSPS) is 16.6. The smallest absolute Gasteiger partial charge is 0.152 e. The van der Waals surface area contributed by atoms with E-state index in [1.165, 1.54) is 16.7 Å². The summed E-state index contributed by atoms with van der Waals surface area (Å²) in [7, 11) is 1.75. The average Bonchev–Trinajstić information content (AvgIpc) is 3.27. The number of nitrogens with zero attached hydrogens (tertiary/aromatic N) is 2. The van der Waals surface area contributed by atoms with Gasteiger partial charge in [0, 0.05) is 30.0 Å². The summed E-state index contributed by atoms with van der Waals surface area (Å²) in [5, 5.41) is 0. The van der Waals surface area contributed by atoms with Gasteiger partial charge in [-0.05, 0) is 85.3 Å². The number of rotatable bonds is 6. The molecule has 0 unspecified atom stereocenters. The minimum absolute atomic E-state index is 0.539. The lowest BCUT2D eigenvalue weighted by Gasteiger charge is -2.33. The van der Waals surface area contributed by atoms with E-state index in [2.05, 4.69) is 46.2 Å². The Hall–Kier alpha value is -3.31. The maximum atomic E-state index is 11.8. The fraction of sp³-hybridized carbons (Fsp3) is 0.321. The Labute approximate surface area is 195 Å². The minimum Gasteiger partial charge on any atom is -0.496 e. The van der Waals surface area contributed by atoms with E-state index in [9.17, 15) is 4.79 Å². The Morgan fingerprint density at radius 1 is 1.00 bits per heavy atom. The highest BCUT2D eigenvalue weighted by Gasteiger charge is 2.25. The molecular formula is C28H31N3O2. The van der Waals surface area contributed by atoms with Gasteiger partial charge in [-0.3, -0.25) is 9.69 Å². The Kier molecular flexibility index (Phi) is 6.05. The molecule has 2 aliphatic heterocycles. The zero-order chi connectivity index (χ0) is 22.8. The highest BCUT2D eigenvalue weighted by molar-refractivity contribution is 5.88. The van der Waals surface area contributed by atoms with E-state index in [-0.39, 0.29) is 0 Å². The Morgan fingerprint density at radius 2 is 1.82 bits per heavy atom. The third kappa shape index (κ3) is 4.33. The summed E-state index contributed by atoms with van der Waals surface area (Å²) in [5.74, 6) is 1.54. The molecule has 3 aromatic rings. The largest absolute Gasteiger partial charge is 0.496 e. The molecule has 2 aliphatic rings. The number of benzene rings is 3. The van der Waals surface area contributed by atoms with Crippen LogP contribution in [0.25, 0.3) is 0 Å². The van der Waals surface area contributed by atoms with Crippen molar-refractivity contribution in [3.8, 4) is 5.75 Å². The number of hydrogen-bond acceptors (Lipinski definition) is 5. The standard InChI is InChI=1S/C28H31N3O2/c1-33-28-5-3-2-4-25(28)21-10-13-30(14-11-21)18-20-6-7-23(19-32)26(16-20)31-15-12-22-8-9-24(29)17-27(22)31/h2-9,16-17,19,21H,10-15,18,29H2,1H3. The molecule has 5 heteroatoms. The first-order valence-electron chi connectivity index (χ1n) is 11.8. The Morgan fingerprint density at radius 3 is 2.61 bits per heavy atom. The van der Waals surface area contributed by atoms with E-state index in [0.29, 0.717) is 5.92 Å². The molecule has 0 aliphatic carbocycles. The number of nitrogen functional groups attached to an aromatic ring is 1. The molecule has 0 aromatic heterocycles. The summed E-state index contributed by atoms with van der Waals surface area (Å²) < 4.78 is 5.58. The lowest BCUT2D eigenvalue weighted by molar-refractivity contribution is 0.112. The fourth-order valence-corrected chi connectivity index (χ4v) is 5.33. The number of fused-ring (bicyclic) bond motifs is 1. The average molecular weight is 442 g/mol. The number of para-hydroxylation sites is 1. The lowest BCUT2D eigenvalue weighted by Crippen LogP contribution is -2.32. The second-order valence-electron chi connectivity index (χ2n) is 9.09. The van der Waals surface area contributed by atoms with Crippen molar-refractivity contribution < 1.29 is 9.53 Å². The van der Waals surface area contributed by atoms with Crippen molar-refractivity contribution in [1.29, 1.82) is 0 Å². The van der Waals surface area contributed by atoms with E-state index in [4.69, 9.17) is 10.5 Å². The number of hydrogen-bond donors (Lipinski definition) is 1. The number of nitrogens with two attached hydrogens (primary N) is 1. The summed E-state index contributed by atoms with van der Waals surface area (Å²) >= 11 is 0. The Bertz CT molecular complexity index is 1150. The molecule has 0 saturated carbocycles. The van der Waals surface area contributed by atoms with Gasteiger partial charge in [0.25, 0.3) is 0 Å². The van der Waals surface area contributed by atoms with E-state index in [1.807, 2.05) is 24.3 Å². The predicted octanol–water partition coefficient (Wildman–Crippen LogP) is 5.16. The molecule has 0 amide bonds. The topological polar surface area (TPSA) is 58.8 Å². The van der Waals surface area contributed by atoms with Gasteiger partial charge < -0.3 is 15.4 Å². The zero-order valence-electron chi connectivity index (χ0n) is 19.2. The zero-order valence-corrected chi connectivity index (χ0v) is 19.2. The van der Waals surface area contributed by atoms with E-state index < -0.39 is 0 Å². The highest BCUT2D eigenvalue weighted by atomic mass is 16.5. The number of likely N-dealkylation sites (tertiary alicyclic amines) is 1. The monoisotopic (exact) mass is 441 g/mol. The third-order valence-corrected chi connectivity index (χ3v) is 7.09. The van der Waals surface area contributed by atoms with Crippen LogP contribution in [0, 0.1) is 0 Å². The summed E-state index contributed by atoms with van der Waals surface area (Å²) in [4.78, 5) is 16.6. The second-order valence-corrected chi connectivity index (χ2v) is 9.09. The maximum Gasteiger partial charge on any atom is 0.152 e. The molecule has 5 nitrogen and oxygen atoms in total. The van der Waals surface area contributed by atoms with Crippen LogP contribution in [-0.2, 0) is 13.0 Å². The Balaban J connectivity index is 1.31. The van der Waals surface area contributed by atoms with Gasteiger partial charge in [0.15, 0.2) is 6.29 Å². The first kappa shape index (κ1) is 21.5. The second kappa shape index (κ2) is 9.28. The van der Waals surface area contributed by atoms with Crippen LogP contribution in [0.5, 0.6) is 5.75 Å². The quantitative estimate of drug-likeness (QED) is 0.423. The molecule has 2 N–H and O–H groups in total. The van der Waals surface area contributed by atoms with Crippen molar-refractivity contribution in [2.75, 3.05) is 37.4 Å². The summed E-state index contributed by atoms with van der Waals surface area (Å²) in [6.45, 7) is 3.86. The van der Waals surface area contributed by atoms with Crippen LogP contribution in [0.3, 0.4) is 0 Å². The van der Waals surface area contributed by atoms with Gasteiger partial charge >= 0.3 is 0 Å². The van der Waals surface area contributed by atoms with Gasteiger partial charge in [0.05, 0.1) is 12.8 Å². The van der Waals surface area contributed by atoms with Crippen LogP contribution in [0.4, 0.5) is 17.1 Å². The van der Waals surface area contributed by atoms with E-state index in [1.54, 1.807) is 7.11 Å². The molecule has 0 radical (unpaired) electrons. The molecule has 170 valence electrons. The highest BCUT2D eigenvalue weighted by Crippen LogP contribution is 2.38. The molecular weight excluding hydrogens is 410 g/mol.